The van der Waals surface area contributed by atoms with Crippen LogP contribution in [-0.4, -0.2) is 35.1 Å². The molecule has 0 atom stereocenters. The topological polar surface area (TPSA) is 47.1 Å². The van der Waals surface area contributed by atoms with Crippen LogP contribution in [0.2, 0.25) is 5.02 Å². The molecule has 0 fully saturated rings. The van der Waals surface area contributed by atoms with Crippen molar-refractivity contribution in [1.82, 2.24) is 14.5 Å². The number of aryl methyl sites for hydroxylation is 2. The first-order valence-electron chi connectivity index (χ1n) is 9.51. The average molecular weight is 373 g/mol. The summed E-state index contributed by atoms with van der Waals surface area (Å²) < 4.78 is 2.30. The molecule has 4 nitrogen and oxygen atoms in total. The van der Waals surface area contributed by atoms with E-state index in [9.17, 15) is 0 Å². The Kier molecular flexibility index (Phi) is 5.73. The third-order valence-electron chi connectivity index (χ3n) is 5.00. The van der Waals surface area contributed by atoms with Crippen molar-refractivity contribution in [3.63, 3.8) is 0 Å². The van der Waals surface area contributed by atoms with Crippen molar-refractivity contribution in [3.05, 3.63) is 34.5 Å². The van der Waals surface area contributed by atoms with Crippen LogP contribution in [0, 0.1) is 0 Å². The summed E-state index contributed by atoms with van der Waals surface area (Å²) in [5, 5.41) is 2.98. The third kappa shape index (κ3) is 3.40. The van der Waals surface area contributed by atoms with Gasteiger partial charge in [0.05, 0.1) is 10.9 Å². The van der Waals surface area contributed by atoms with Gasteiger partial charge in [0.2, 0.25) is 0 Å². The lowest BCUT2D eigenvalue weighted by Crippen LogP contribution is -2.15. The second-order valence-electron chi connectivity index (χ2n) is 7.22. The molecule has 0 amide bonds. The van der Waals surface area contributed by atoms with E-state index in [1.807, 2.05) is 12.1 Å². The minimum atomic E-state index is 0.747. The molecule has 26 heavy (non-hydrogen) atoms. The highest BCUT2D eigenvalue weighted by atomic mass is 35.5. The van der Waals surface area contributed by atoms with Crippen LogP contribution in [0.15, 0.2) is 18.2 Å². The van der Waals surface area contributed by atoms with Gasteiger partial charge in [0.15, 0.2) is 0 Å². The molecule has 2 heterocycles. The first-order chi connectivity index (χ1) is 12.5. The molecule has 0 saturated heterocycles. The number of fused-ring (bicyclic) bond motifs is 3. The smallest absolute Gasteiger partial charge is 0.143 e. The maximum atomic E-state index is 6.68. The van der Waals surface area contributed by atoms with Gasteiger partial charge in [-0.25, -0.2) is 4.98 Å². The van der Waals surface area contributed by atoms with Crippen molar-refractivity contribution in [2.24, 2.45) is 0 Å². The maximum Gasteiger partial charge on any atom is 0.143 e. The first-order valence-corrected chi connectivity index (χ1v) is 9.89. The fourth-order valence-corrected chi connectivity index (χ4v) is 3.95. The van der Waals surface area contributed by atoms with E-state index in [-0.39, 0.29) is 0 Å². The van der Waals surface area contributed by atoms with E-state index in [2.05, 4.69) is 43.5 Å². The van der Waals surface area contributed by atoms with Gasteiger partial charge in [-0.1, -0.05) is 37.9 Å². The zero-order valence-electron chi connectivity index (χ0n) is 16.3. The third-order valence-corrected chi connectivity index (χ3v) is 5.24. The Morgan fingerprint density at radius 2 is 2.00 bits per heavy atom. The zero-order chi connectivity index (χ0) is 18.8. The summed E-state index contributed by atoms with van der Waals surface area (Å²) in [4.78, 5) is 7.27. The number of aromatic nitrogens is 2. The Morgan fingerprint density at radius 1 is 1.23 bits per heavy atom. The lowest BCUT2D eigenvalue weighted by atomic mass is 10.0. The second kappa shape index (κ2) is 7.85. The van der Waals surface area contributed by atoms with Crippen molar-refractivity contribution in [3.8, 4) is 0 Å². The van der Waals surface area contributed by atoms with E-state index in [0.717, 1.165) is 77.1 Å². The normalized spacial score (nSPS) is 11.9. The molecule has 1 aromatic carbocycles. The average Bonchev–Trinajstić information content (AvgIpc) is 2.90. The van der Waals surface area contributed by atoms with Crippen LogP contribution in [0.4, 0.5) is 5.69 Å². The molecule has 0 aliphatic rings. The number of benzene rings is 1. The van der Waals surface area contributed by atoms with Crippen molar-refractivity contribution in [2.75, 3.05) is 26.4 Å². The van der Waals surface area contributed by atoms with Gasteiger partial charge in [-0.2, -0.15) is 0 Å². The summed E-state index contributed by atoms with van der Waals surface area (Å²) in [6.07, 6.45) is 3.99. The summed E-state index contributed by atoms with van der Waals surface area (Å²) in [6, 6.07) is 6.07. The van der Waals surface area contributed by atoms with Gasteiger partial charge in [0.25, 0.3) is 0 Å². The lowest BCUT2D eigenvalue weighted by molar-refractivity contribution is 0.389. The Hall–Kier alpha value is -1.78. The molecular weight excluding hydrogens is 344 g/mol. The maximum absolute atomic E-state index is 6.68. The molecule has 0 saturated carbocycles. The molecule has 5 heteroatoms. The zero-order valence-corrected chi connectivity index (χ0v) is 17.0. The van der Waals surface area contributed by atoms with Gasteiger partial charge in [-0.05, 0) is 57.6 Å². The summed E-state index contributed by atoms with van der Waals surface area (Å²) in [6.45, 7) is 6.28. The van der Waals surface area contributed by atoms with Crippen LogP contribution in [-0.2, 0) is 19.4 Å². The van der Waals surface area contributed by atoms with Crippen molar-refractivity contribution in [2.45, 2.75) is 46.1 Å². The number of anilines is 1. The quantitative estimate of drug-likeness (QED) is 0.642. The van der Waals surface area contributed by atoms with E-state index in [1.165, 1.54) is 5.56 Å². The summed E-state index contributed by atoms with van der Waals surface area (Å²) in [5.41, 5.74) is 12.0. The molecule has 0 unspecified atom stereocenters. The van der Waals surface area contributed by atoms with Crippen LogP contribution in [0.25, 0.3) is 21.9 Å². The lowest BCUT2D eigenvalue weighted by Gasteiger charge is -2.14. The number of nitrogen functional groups attached to an aromatic ring is 1. The molecule has 0 radical (unpaired) electrons. The van der Waals surface area contributed by atoms with E-state index < -0.39 is 0 Å². The molecule has 140 valence electrons. The second-order valence-corrected chi connectivity index (χ2v) is 7.66. The monoisotopic (exact) mass is 372 g/mol. The number of nitrogens with zero attached hydrogens (tertiary/aromatic N) is 3. The summed E-state index contributed by atoms with van der Waals surface area (Å²) in [7, 11) is 4.20. The van der Waals surface area contributed by atoms with Gasteiger partial charge in [-0.3, -0.25) is 0 Å². The van der Waals surface area contributed by atoms with Gasteiger partial charge >= 0.3 is 0 Å². The number of hydrogen-bond donors (Lipinski definition) is 1. The number of nitrogens with two attached hydrogens (primary N) is 1. The predicted octanol–water partition coefficient (Wildman–Crippen LogP) is 4.89. The molecule has 3 rings (SSSR count). The van der Waals surface area contributed by atoms with Crippen LogP contribution >= 0.6 is 11.6 Å². The minimum absolute atomic E-state index is 0.747. The van der Waals surface area contributed by atoms with Gasteiger partial charge in [0.1, 0.15) is 5.65 Å². The van der Waals surface area contributed by atoms with Crippen LogP contribution in [0.3, 0.4) is 0 Å². The highest BCUT2D eigenvalue weighted by molar-refractivity contribution is 6.31. The Bertz CT molecular complexity index is 927. The Balaban J connectivity index is 2.28. The minimum Gasteiger partial charge on any atom is -0.398 e. The van der Waals surface area contributed by atoms with Gasteiger partial charge < -0.3 is 15.2 Å². The Morgan fingerprint density at radius 3 is 2.65 bits per heavy atom. The molecular formula is C21H29ClN4. The molecule has 3 aromatic rings. The van der Waals surface area contributed by atoms with Gasteiger partial charge in [-0.15, -0.1) is 0 Å². The van der Waals surface area contributed by atoms with Crippen LogP contribution < -0.4 is 5.73 Å². The van der Waals surface area contributed by atoms with Gasteiger partial charge in [0, 0.05) is 28.3 Å². The van der Waals surface area contributed by atoms with Crippen LogP contribution in [0.1, 0.15) is 37.9 Å². The number of pyridine rings is 1. The molecule has 0 aliphatic heterocycles. The molecule has 0 aliphatic carbocycles. The van der Waals surface area contributed by atoms with E-state index in [0.29, 0.717) is 0 Å². The summed E-state index contributed by atoms with van der Waals surface area (Å²) >= 11 is 6.31. The van der Waals surface area contributed by atoms with Crippen molar-refractivity contribution < 1.29 is 0 Å². The van der Waals surface area contributed by atoms with Crippen LogP contribution in [0.5, 0.6) is 0 Å². The number of hydrogen-bond acceptors (Lipinski definition) is 3. The van der Waals surface area contributed by atoms with E-state index in [1.54, 1.807) is 0 Å². The van der Waals surface area contributed by atoms with E-state index in [4.69, 9.17) is 22.3 Å². The molecule has 0 bridgehead atoms. The van der Waals surface area contributed by atoms with Crippen molar-refractivity contribution in [1.29, 1.82) is 0 Å². The molecule has 2 N–H and O–H groups in total. The summed E-state index contributed by atoms with van der Waals surface area (Å²) in [5.74, 6) is 0. The fourth-order valence-electron chi connectivity index (χ4n) is 3.79. The highest BCUT2D eigenvalue weighted by Crippen LogP contribution is 2.37. The van der Waals surface area contributed by atoms with E-state index >= 15 is 0 Å². The molecule has 0 spiro atoms. The Labute approximate surface area is 160 Å². The number of rotatable bonds is 7. The first kappa shape index (κ1) is 19.0. The highest BCUT2D eigenvalue weighted by Gasteiger charge is 2.19. The van der Waals surface area contributed by atoms with Crippen molar-refractivity contribution >= 4 is 39.2 Å². The largest absolute Gasteiger partial charge is 0.398 e. The fraction of sp³-hybridized carbons (Fsp3) is 0.476. The number of halogens is 1. The molecule has 2 aromatic heterocycles. The standard InChI is InChI=1S/C21H29ClN4/c1-5-8-15-17(6-2)24-21-19(20(15)23)16-10-9-14(22)13-18(16)26(21)12-7-11-25(3)4/h9-10,13H,5-8,11-12H2,1-4H3,(H2,23,24). The predicted molar refractivity (Wildman–Crippen MR) is 113 cm³/mol. The SMILES string of the molecule is CCCc1c(CC)nc2c(c1N)c1ccc(Cl)cc1n2CCCN(C)C.